The highest BCUT2D eigenvalue weighted by Crippen LogP contribution is 2.37. The predicted octanol–water partition coefficient (Wildman–Crippen LogP) is 7.87. The number of esters is 2. The van der Waals surface area contributed by atoms with E-state index in [9.17, 15) is 9.59 Å². The molecule has 4 heteroatoms. The zero-order valence-corrected chi connectivity index (χ0v) is 22.4. The van der Waals surface area contributed by atoms with Crippen molar-refractivity contribution in [1.29, 1.82) is 0 Å². The van der Waals surface area contributed by atoms with Gasteiger partial charge in [0.15, 0.2) is 0 Å². The van der Waals surface area contributed by atoms with Crippen LogP contribution in [-0.2, 0) is 19.1 Å². The molecule has 0 saturated heterocycles. The molecule has 1 aliphatic carbocycles. The van der Waals surface area contributed by atoms with E-state index in [1.165, 1.54) is 0 Å². The molecule has 32 heavy (non-hydrogen) atoms. The summed E-state index contributed by atoms with van der Waals surface area (Å²) in [5.74, 6) is 0.0762. The molecule has 0 aromatic rings. The molecule has 0 aromatic heterocycles. The van der Waals surface area contributed by atoms with E-state index in [4.69, 9.17) is 9.47 Å². The Kier molecular flexibility index (Phi) is 12.3. The largest absolute Gasteiger partial charge is 0.459 e. The van der Waals surface area contributed by atoms with E-state index >= 15 is 0 Å². The highest BCUT2D eigenvalue weighted by Gasteiger charge is 2.40. The van der Waals surface area contributed by atoms with Gasteiger partial charge >= 0.3 is 11.9 Å². The van der Waals surface area contributed by atoms with Gasteiger partial charge < -0.3 is 9.47 Å². The molecular formula is C28H52O4. The van der Waals surface area contributed by atoms with Crippen LogP contribution >= 0.6 is 0 Å². The summed E-state index contributed by atoms with van der Waals surface area (Å²) in [6.07, 6.45) is 11.8. The van der Waals surface area contributed by atoms with E-state index in [2.05, 4.69) is 27.7 Å². The maximum absolute atomic E-state index is 13.1. The predicted molar refractivity (Wildman–Crippen MR) is 132 cm³/mol. The van der Waals surface area contributed by atoms with Crippen LogP contribution in [0.5, 0.6) is 0 Å². The van der Waals surface area contributed by atoms with Gasteiger partial charge in [-0.15, -0.1) is 0 Å². The van der Waals surface area contributed by atoms with E-state index in [0.29, 0.717) is 18.3 Å². The second-order valence-corrected chi connectivity index (χ2v) is 11.1. The minimum atomic E-state index is -0.468. The van der Waals surface area contributed by atoms with E-state index in [0.717, 1.165) is 70.6 Å². The zero-order valence-electron chi connectivity index (χ0n) is 22.4. The zero-order chi connectivity index (χ0) is 24.4. The smallest absolute Gasteiger partial charge is 0.309 e. The summed E-state index contributed by atoms with van der Waals surface area (Å²) in [4.78, 5) is 26.1. The summed E-state index contributed by atoms with van der Waals surface area (Å²) >= 11 is 0. The highest BCUT2D eigenvalue weighted by molar-refractivity contribution is 5.77. The third-order valence-electron chi connectivity index (χ3n) is 7.83. The molecule has 1 saturated carbocycles. The van der Waals surface area contributed by atoms with Crippen molar-refractivity contribution in [3.63, 3.8) is 0 Å². The summed E-state index contributed by atoms with van der Waals surface area (Å²) in [5, 5.41) is 0. The molecule has 188 valence electrons. The minimum absolute atomic E-state index is 0.129. The Balaban J connectivity index is 2.73. The lowest BCUT2D eigenvalue weighted by atomic mass is 9.80. The van der Waals surface area contributed by atoms with Crippen molar-refractivity contribution in [2.24, 2.45) is 23.7 Å². The van der Waals surface area contributed by atoms with Crippen LogP contribution in [0.2, 0.25) is 0 Å². The van der Waals surface area contributed by atoms with Crippen molar-refractivity contribution in [2.45, 2.75) is 144 Å². The van der Waals surface area contributed by atoms with E-state index in [1.54, 1.807) is 0 Å². The molecule has 0 aliphatic heterocycles. The van der Waals surface area contributed by atoms with E-state index < -0.39 is 11.2 Å². The van der Waals surface area contributed by atoms with Gasteiger partial charge in [-0.05, 0) is 84.5 Å². The molecule has 0 spiro atoms. The molecule has 0 bridgehead atoms. The fraction of sp³-hybridized carbons (Fsp3) is 0.929. The summed E-state index contributed by atoms with van der Waals surface area (Å²) in [6, 6.07) is 0. The number of rotatable bonds is 14. The van der Waals surface area contributed by atoms with Crippen LogP contribution in [0.15, 0.2) is 0 Å². The average molecular weight is 453 g/mol. The van der Waals surface area contributed by atoms with Gasteiger partial charge in [0.1, 0.15) is 11.2 Å². The van der Waals surface area contributed by atoms with Crippen LogP contribution in [0.4, 0.5) is 0 Å². The molecular weight excluding hydrogens is 400 g/mol. The first-order valence-corrected chi connectivity index (χ1v) is 13.5. The van der Waals surface area contributed by atoms with Gasteiger partial charge in [-0.2, -0.15) is 0 Å². The lowest BCUT2D eigenvalue weighted by Crippen LogP contribution is -2.41. The van der Waals surface area contributed by atoms with Crippen LogP contribution < -0.4 is 0 Å². The fourth-order valence-corrected chi connectivity index (χ4v) is 5.46. The summed E-state index contributed by atoms with van der Waals surface area (Å²) in [5.41, 5.74) is -0.936. The fourth-order valence-electron chi connectivity index (χ4n) is 5.46. The van der Waals surface area contributed by atoms with Gasteiger partial charge in [0.25, 0.3) is 0 Å². The van der Waals surface area contributed by atoms with E-state index in [1.807, 2.05) is 27.7 Å². The van der Waals surface area contributed by atoms with Crippen molar-refractivity contribution >= 4 is 11.9 Å². The molecule has 0 N–H and O–H groups in total. The van der Waals surface area contributed by atoms with Crippen LogP contribution in [0.1, 0.15) is 132 Å². The van der Waals surface area contributed by atoms with E-state index in [-0.39, 0.29) is 23.8 Å². The first-order chi connectivity index (χ1) is 15.0. The number of carbonyl (C=O) groups is 2. The molecule has 1 rings (SSSR count). The van der Waals surface area contributed by atoms with Gasteiger partial charge in [0.2, 0.25) is 0 Å². The summed E-state index contributed by atoms with van der Waals surface area (Å²) in [7, 11) is 0. The Morgan fingerprint density at radius 1 is 0.750 bits per heavy atom. The Morgan fingerprint density at radius 2 is 1.12 bits per heavy atom. The Hall–Kier alpha value is -1.06. The van der Waals surface area contributed by atoms with Crippen molar-refractivity contribution in [3.05, 3.63) is 0 Å². The number of hydrogen-bond donors (Lipinski definition) is 0. The third-order valence-corrected chi connectivity index (χ3v) is 7.83. The quantitative estimate of drug-likeness (QED) is 0.252. The molecule has 0 amide bonds. The van der Waals surface area contributed by atoms with Crippen molar-refractivity contribution in [1.82, 2.24) is 0 Å². The standard InChI is InChI=1S/C28H52O4/c1-9-13-18-23(11-3)27(5,6)31-25(29)21-16-15-17-22(20-21)26(30)32-28(7,8)24(12-4)19-14-10-2/h21-24H,9-20H2,1-8H3. The topological polar surface area (TPSA) is 52.6 Å². The number of ether oxygens (including phenoxy) is 2. The molecule has 4 unspecified atom stereocenters. The lowest BCUT2D eigenvalue weighted by Gasteiger charge is -2.37. The Morgan fingerprint density at radius 3 is 1.44 bits per heavy atom. The van der Waals surface area contributed by atoms with Gasteiger partial charge in [-0.1, -0.05) is 59.8 Å². The molecule has 0 aromatic carbocycles. The molecule has 4 atom stereocenters. The van der Waals surface area contributed by atoms with Gasteiger partial charge in [0, 0.05) is 0 Å². The monoisotopic (exact) mass is 452 g/mol. The molecule has 0 heterocycles. The molecule has 0 radical (unpaired) electrons. The average Bonchev–Trinajstić information content (AvgIpc) is 2.73. The van der Waals surface area contributed by atoms with Gasteiger partial charge in [-0.3, -0.25) is 9.59 Å². The van der Waals surface area contributed by atoms with Crippen molar-refractivity contribution in [3.8, 4) is 0 Å². The first-order valence-electron chi connectivity index (χ1n) is 13.5. The maximum Gasteiger partial charge on any atom is 0.309 e. The van der Waals surface area contributed by atoms with Crippen LogP contribution in [0.3, 0.4) is 0 Å². The van der Waals surface area contributed by atoms with Gasteiger partial charge in [-0.25, -0.2) is 0 Å². The van der Waals surface area contributed by atoms with Crippen LogP contribution in [0, 0.1) is 23.7 Å². The maximum atomic E-state index is 13.1. The second-order valence-electron chi connectivity index (χ2n) is 11.1. The van der Waals surface area contributed by atoms with Crippen LogP contribution in [0.25, 0.3) is 0 Å². The van der Waals surface area contributed by atoms with Gasteiger partial charge in [0.05, 0.1) is 11.8 Å². The highest BCUT2D eigenvalue weighted by atomic mass is 16.6. The number of hydrogen-bond acceptors (Lipinski definition) is 4. The SMILES string of the molecule is CCCCC(CC)C(C)(C)OC(=O)C1CCCC(C(=O)OC(C)(C)C(CC)CCCC)C1. The minimum Gasteiger partial charge on any atom is -0.459 e. The first kappa shape index (κ1) is 29.0. The molecule has 1 aliphatic rings. The van der Waals surface area contributed by atoms with Crippen molar-refractivity contribution < 1.29 is 19.1 Å². The normalized spacial score (nSPS) is 21.6. The molecule has 4 nitrogen and oxygen atoms in total. The lowest BCUT2D eigenvalue weighted by molar-refractivity contribution is -0.174. The number of carbonyl (C=O) groups excluding carboxylic acids is 2. The molecule has 1 fully saturated rings. The van der Waals surface area contributed by atoms with Crippen molar-refractivity contribution in [2.75, 3.05) is 0 Å². The summed E-state index contributed by atoms with van der Waals surface area (Å²) in [6.45, 7) is 16.9. The van der Waals surface area contributed by atoms with Crippen LogP contribution in [-0.4, -0.2) is 23.1 Å². The number of unbranched alkanes of at least 4 members (excludes halogenated alkanes) is 2. The third kappa shape index (κ3) is 8.71. The Bertz CT molecular complexity index is 518. The Labute approximate surface area is 198 Å². The second kappa shape index (κ2) is 13.6. The summed E-state index contributed by atoms with van der Waals surface area (Å²) < 4.78 is 12.1.